The molecule has 1 amide bonds. The Morgan fingerprint density at radius 3 is 2.57 bits per heavy atom. The highest BCUT2D eigenvalue weighted by Gasteiger charge is 2.12. The minimum Gasteiger partial charge on any atom is -0.506 e. The van der Waals surface area contributed by atoms with E-state index in [9.17, 15) is 9.90 Å². The number of rotatable bonds is 3. The molecule has 0 atom stereocenters. The maximum atomic E-state index is 12.3. The number of phenolic OH excluding ortho intramolecular Hbond substituents is 1. The van der Waals surface area contributed by atoms with Gasteiger partial charge in [-0.15, -0.1) is 0 Å². The van der Waals surface area contributed by atoms with Crippen LogP contribution in [0.5, 0.6) is 5.75 Å². The lowest BCUT2D eigenvalue weighted by atomic mass is 10.1. The Balaban J connectivity index is 2.09. The number of benzene rings is 2. The average molecular weight is 328 g/mol. The van der Waals surface area contributed by atoms with Gasteiger partial charge in [0.2, 0.25) is 0 Å². The highest BCUT2D eigenvalue weighted by atomic mass is 32.1. The molecule has 0 radical (unpaired) electrons. The van der Waals surface area contributed by atoms with Crippen molar-refractivity contribution in [3.8, 4) is 5.75 Å². The summed E-state index contributed by atoms with van der Waals surface area (Å²) in [6, 6.07) is 10.9. The first kappa shape index (κ1) is 17.0. The average Bonchev–Trinajstić information content (AvgIpc) is 2.49. The normalized spacial score (nSPS) is 10.2. The SMILES string of the molecule is CCc1ccc(O)c(NC(=S)NC(=O)c2ccc(C)cc2C)c1. The van der Waals surface area contributed by atoms with Crippen molar-refractivity contribution in [2.24, 2.45) is 0 Å². The fourth-order valence-corrected chi connectivity index (χ4v) is 2.50. The molecule has 23 heavy (non-hydrogen) atoms. The summed E-state index contributed by atoms with van der Waals surface area (Å²) in [5, 5.41) is 15.5. The van der Waals surface area contributed by atoms with Gasteiger partial charge in [0.05, 0.1) is 5.69 Å². The van der Waals surface area contributed by atoms with Gasteiger partial charge >= 0.3 is 0 Å². The molecule has 120 valence electrons. The Bertz CT molecular complexity index is 757. The predicted octanol–water partition coefficient (Wildman–Crippen LogP) is 3.70. The van der Waals surface area contributed by atoms with Crippen LogP contribution in [0, 0.1) is 13.8 Å². The van der Waals surface area contributed by atoms with Crippen molar-refractivity contribution in [1.82, 2.24) is 5.32 Å². The fraction of sp³-hybridized carbons (Fsp3) is 0.222. The number of phenols is 1. The van der Waals surface area contributed by atoms with E-state index in [-0.39, 0.29) is 16.8 Å². The van der Waals surface area contributed by atoms with Gasteiger partial charge in [-0.25, -0.2) is 0 Å². The molecule has 0 saturated carbocycles. The lowest BCUT2D eigenvalue weighted by Gasteiger charge is -2.13. The molecule has 5 heteroatoms. The Morgan fingerprint density at radius 1 is 1.17 bits per heavy atom. The Hall–Kier alpha value is -2.40. The molecule has 0 aliphatic carbocycles. The van der Waals surface area contributed by atoms with Crippen LogP contribution in [0.15, 0.2) is 36.4 Å². The molecule has 0 saturated heterocycles. The van der Waals surface area contributed by atoms with Crippen LogP contribution in [0.25, 0.3) is 0 Å². The molecule has 2 aromatic carbocycles. The van der Waals surface area contributed by atoms with E-state index in [1.165, 1.54) is 0 Å². The molecule has 0 aliphatic rings. The highest BCUT2D eigenvalue weighted by Crippen LogP contribution is 2.24. The Labute approximate surface area is 141 Å². The monoisotopic (exact) mass is 328 g/mol. The van der Waals surface area contributed by atoms with E-state index in [0.29, 0.717) is 11.3 Å². The van der Waals surface area contributed by atoms with Crippen molar-refractivity contribution < 1.29 is 9.90 Å². The van der Waals surface area contributed by atoms with E-state index in [2.05, 4.69) is 10.6 Å². The second-order valence-electron chi connectivity index (χ2n) is 5.43. The lowest BCUT2D eigenvalue weighted by Crippen LogP contribution is -2.34. The van der Waals surface area contributed by atoms with Crippen LogP contribution in [0.2, 0.25) is 0 Å². The van der Waals surface area contributed by atoms with E-state index < -0.39 is 0 Å². The standard InChI is InChI=1S/C18H20N2O2S/c1-4-13-6-8-16(21)15(10-13)19-18(23)20-17(22)14-7-5-11(2)9-12(14)3/h5-10,21H,4H2,1-3H3,(H2,19,20,22,23). The van der Waals surface area contributed by atoms with Crippen LogP contribution in [-0.4, -0.2) is 16.1 Å². The topological polar surface area (TPSA) is 61.4 Å². The first-order valence-corrected chi connectivity index (χ1v) is 7.83. The van der Waals surface area contributed by atoms with Gasteiger partial charge in [-0.05, 0) is 61.8 Å². The molecule has 0 bridgehead atoms. The molecule has 4 nitrogen and oxygen atoms in total. The summed E-state index contributed by atoms with van der Waals surface area (Å²) in [6.07, 6.45) is 0.844. The third-order valence-electron chi connectivity index (χ3n) is 3.57. The summed E-state index contributed by atoms with van der Waals surface area (Å²) in [4.78, 5) is 12.3. The molecule has 0 unspecified atom stereocenters. The Morgan fingerprint density at radius 2 is 1.91 bits per heavy atom. The Kier molecular flexibility index (Phi) is 5.34. The molecular weight excluding hydrogens is 308 g/mol. The van der Waals surface area contributed by atoms with Gasteiger partial charge in [-0.2, -0.15) is 0 Å². The quantitative estimate of drug-likeness (QED) is 0.594. The fourth-order valence-electron chi connectivity index (χ4n) is 2.30. The molecule has 3 N–H and O–H groups in total. The summed E-state index contributed by atoms with van der Waals surface area (Å²) < 4.78 is 0. The second kappa shape index (κ2) is 7.24. The predicted molar refractivity (Wildman–Crippen MR) is 97.1 cm³/mol. The zero-order chi connectivity index (χ0) is 17.0. The molecular formula is C18H20N2O2S. The highest BCUT2D eigenvalue weighted by molar-refractivity contribution is 7.80. The van der Waals surface area contributed by atoms with Crippen LogP contribution in [0.1, 0.15) is 34.0 Å². The van der Waals surface area contributed by atoms with Gasteiger partial charge in [0, 0.05) is 5.56 Å². The maximum Gasteiger partial charge on any atom is 0.257 e. The zero-order valence-corrected chi connectivity index (χ0v) is 14.3. The molecule has 0 fully saturated rings. The van der Waals surface area contributed by atoms with Gasteiger partial charge in [0.25, 0.3) is 5.91 Å². The summed E-state index contributed by atoms with van der Waals surface area (Å²) in [5.74, 6) is -0.184. The van der Waals surface area contributed by atoms with Gasteiger partial charge in [0.15, 0.2) is 5.11 Å². The number of anilines is 1. The number of thiocarbonyl (C=S) groups is 1. The molecule has 0 aromatic heterocycles. The zero-order valence-electron chi connectivity index (χ0n) is 13.4. The first-order chi connectivity index (χ1) is 10.9. The van der Waals surface area contributed by atoms with Gasteiger partial charge in [0.1, 0.15) is 5.75 Å². The molecule has 2 aromatic rings. The number of nitrogens with one attached hydrogen (secondary N) is 2. The van der Waals surface area contributed by atoms with Crippen molar-refractivity contribution in [1.29, 1.82) is 0 Å². The third kappa shape index (κ3) is 4.29. The van der Waals surface area contributed by atoms with Crippen LogP contribution in [0.3, 0.4) is 0 Å². The first-order valence-electron chi connectivity index (χ1n) is 7.42. The van der Waals surface area contributed by atoms with E-state index in [4.69, 9.17) is 12.2 Å². The largest absolute Gasteiger partial charge is 0.506 e. The number of amides is 1. The molecule has 2 rings (SSSR count). The van der Waals surface area contributed by atoms with Crippen molar-refractivity contribution in [3.05, 3.63) is 58.7 Å². The summed E-state index contributed by atoms with van der Waals surface area (Å²) >= 11 is 5.17. The second-order valence-corrected chi connectivity index (χ2v) is 5.84. The number of hydrogen-bond donors (Lipinski definition) is 3. The van der Waals surface area contributed by atoms with Crippen LogP contribution < -0.4 is 10.6 Å². The number of carbonyl (C=O) groups is 1. The van der Waals surface area contributed by atoms with Gasteiger partial charge < -0.3 is 10.4 Å². The smallest absolute Gasteiger partial charge is 0.257 e. The maximum absolute atomic E-state index is 12.3. The van der Waals surface area contributed by atoms with Crippen LogP contribution in [0.4, 0.5) is 5.69 Å². The van der Waals surface area contributed by atoms with E-state index >= 15 is 0 Å². The number of carbonyl (C=O) groups excluding carboxylic acids is 1. The van der Waals surface area contributed by atoms with Crippen molar-refractivity contribution >= 4 is 28.9 Å². The van der Waals surface area contributed by atoms with Crippen LogP contribution in [-0.2, 0) is 6.42 Å². The summed E-state index contributed by atoms with van der Waals surface area (Å²) in [6.45, 7) is 5.88. The third-order valence-corrected chi connectivity index (χ3v) is 3.78. The lowest BCUT2D eigenvalue weighted by molar-refractivity contribution is 0.0977. The van der Waals surface area contributed by atoms with Crippen molar-refractivity contribution in [2.45, 2.75) is 27.2 Å². The molecule has 0 spiro atoms. The molecule has 0 heterocycles. The van der Waals surface area contributed by atoms with Crippen LogP contribution >= 0.6 is 12.2 Å². The van der Waals surface area contributed by atoms with Gasteiger partial charge in [-0.3, -0.25) is 10.1 Å². The van der Waals surface area contributed by atoms with Crippen molar-refractivity contribution in [3.63, 3.8) is 0 Å². The van der Waals surface area contributed by atoms with E-state index in [1.807, 2.05) is 45.0 Å². The molecule has 0 aliphatic heterocycles. The van der Waals surface area contributed by atoms with E-state index in [0.717, 1.165) is 23.1 Å². The summed E-state index contributed by atoms with van der Waals surface area (Å²) in [5.41, 5.74) is 4.11. The number of hydrogen-bond acceptors (Lipinski definition) is 3. The minimum absolute atomic E-state index is 0.0883. The van der Waals surface area contributed by atoms with Gasteiger partial charge in [-0.1, -0.05) is 30.7 Å². The van der Waals surface area contributed by atoms with Crippen molar-refractivity contribution in [2.75, 3.05) is 5.32 Å². The minimum atomic E-state index is -0.272. The summed E-state index contributed by atoms with van der Waals surface area (Å²) in [7, 11) is 0. The number of aromatic hydroxyl groups is 1. The van der Waals surface area contributed by atoms with E-state index in [1.54, 1.807) is 12.1 Å². The number of aryl methyl sites for hydroxylation is 3.